The number of carbonyl (C=O) groups is 1. The lowest BCUT2D eigenvalue weighted by Crippen LogP contribution is -2.47. The molecule has 2 aromatic carbocycles. The van der Waals surface area contributed by atoms with Crippen molar-refractivity contribution in [1.29, 1.82) is 10.8 Å². The molecule has 0 radical (unpaired) electrons. The minimum Gasteiger partial charge on any atom is -0.491 e. The van der Waals surface area contributed by atoms with Gasteiger partial charge in [0.25, 0.3) is 0 Å². The van der Waals surface area contributed by atoms with Gasteiger partial charge in [0.05, 0.1) is 24.5 Å². The van der Waals surface area contributed by atoms with Crippen molar-refractivity contribution in [1.82, 2.24) is 20.1 Å². The van der Waals surface area contributed by atoms with Gasteiger partial charge in [0.1, 0.15) is 35.5 Å². The Morgan fingerprint density at radius 3 is 2.55 bits per heavy atom. The van der Waals surface area contributed by atoms with Crippen LogP contribution in [0.4, 0.5) is 10.5 Å². The Morgan fingerprint density at radius 2 is 1.79 bits per heavy atom. The number of hydrogen-bond donors (Lipinski definition) is 5. The summed E-state index contributed by atoms with van der Waals surface area (Å²) in [5.41, 5.74) is 9.45. The number of allylic oxidation sites excluding steroid dienone is 1. The van der Waals surface area contributed by atoms with Crippen molar-refractivity contribution in [3.8, 4) is 11.5 Å². The van der Waals surface area contributed by atoms with Crippen LogP contribution in [0.15, 0.2) is 83.6 Å². The van der Waals surface area contributed by atoms with Crippen LogP contribution in [0.25, 0.3) is 0 Å². The summed E-state index contributed by atoms with van der Waals surface area (Å²) >= 11 is 0. The van der Waals surface area contributed by atoms with Crippen LogP contribution in [0.1, 0.15) is 102 Å². The van der Waals surface area contributed by atoms with Crippen molar-refractivity contribution >= 4 is 23.5 Å². The number of carbonyl (C=O) groups excluding carboxylic acids is 1. The van der Waals surface area contributed by atoms with E-state index in [1.807, 2.05) is 69.3 Å². The summed E-state index contributed by atoms with van der Waals surface area (Å²) in [5.74, 6) is 1.80. The monoisotopic (exact) mass is 766 g/mol. The van der Waals surface area contributed by atoms with E-state index in [0.717, 1.165) is 62.8 Å². The van der Waals surface area contributed by atoms with Gasteiger partial charge in [-0.15, -0.1) is 0 Å². The lowest BCUT2D eigenvalue weighted by molar-refractivity contribution is -0.165. The second-order valence-electron chi connectivity index (χ2n) is 15.8. The Kier molecular flexibility index (Phi) is 13.5. The number of piperidine rings is 1. The van der Waals surface area contributed by atoms with Gasteiger partial charge in [-0.1, -0.05) is 51.1 Å². The van der Waals surface area contributed by atoms with Crippen molar-refractivity contribution in [2.24, 2.45) is 16.1 Å². The molecule has 300 valence electrons. The Balaban J connectivity index is 1.13. The second-order valence-corrected chi connectivity index (χ2v) is 15.8. The van der Waals surface area contributed by atoms with E-state index in [4.69, 9.17) is 40.5 Å². The van der Waals surface area contributed by atoms with Gasteiger partial charge < -0.3 is 34.9 Å². The lowest BCUT2D eigenvalue weighted by Gasteiger charge is -2.36. The molecule has 4 unspecified atom stereocenters. The zero-order valence-corrected chi connectivity index (χ0v) is 33.2. The van der Waals surface area contributed by atoms with Crippen molar-refractivity contribution < 1.29 is 23.7 Å². The molecule has 0 bridgehead atoms. The molecule has 1 aliphatic carbocycles. The number of nitrogens with one attached hydrogen (secondary N) is 4. The highest BCUT2D eigenvalue weighted by Crippen LogP contribution is 2.38. The van der Waals surface area contributed by atoms with E-state index in [0.29, 0.717) is 60.7 Å². The molecule has 3 aromatic rings. The normalized spacial score (nSPS) is 21.8. The number of aromatic nitrogens is 1. The third-order valence-corrected chi connectivity index (χ3v) is 10.5. The van der Waals surface area contributed by atoms with Crippen LogP contribution in [0.3, 0.4) is 0 Å². The second kappa shape index (κ2) is 18.7. The Morgan fingerprint density at radius 1 is 0.982 bits per heavy atom. The molecule has 56 heavy (non-hydrogen) atoms. The Hall–Kier alpha value is -5.14. The molecule has 6 rings (SSSR count). The number of amidine groups is 1. The number of likely N-dealkylation sites (tertiary alicyclic amines) is 1. The van der Waals surface area contributed by atoms with E-state index in [1.54, 1.807) is 29.0 Å². The molecule has 6 N–H and O–H groups in total. The van der Waals surface area contributed by atoms with Gasteiger partial charge >= 0.3 is 6.03 Å². The van der Waals surface area contributed by atoms with Crippen molar-refractivity contribution in [3.63, 3.8) is 0 Å². The molecule has 1 aromatic heterocycles. The van der Waals surface area contributed by atoms with E-state index < -0.39 is 6.03 Å². The largest absolute Gasteiger partial charge is 0.491 e. The smallest absolute Gasteiger partial charge is 0.320 e. The summed E-state index contributed by atoms with van der Waals surface area (Å²) in [6.07, 6.45) is 10.6. The van der Waals surface area contributed by atoms with E-state index >= 15 is 0 Å². The quantitative estimate of drug-likeness (QED) is 0.0812. The van der Waals surface area contributed by atoms with Gasteiger partial charge in [-0.3, -0.25) is 20.7 Å². The van der Waals surface area contributed by atoms with Gasteiger partial charge in [0.2, 0.25) is 5.96 Å². The first-order valence-corrected chi connectivity index (χ1v) is 19.9. The summed E-state index contributed by atoms with van der Waals surface area (Å²) in [4.78, 5) is 20.5. The standard InChI is InChI=1S/C43H58N8O5/c1-29-12-7-9-22-50(29)41(46)51-28-32(18-21-38(51)45)56-36-20-19-35(33-15-5-6-16-34(33)36)48-42(52)49-39(27-37(44)43(2,3)4)47-30-13-11-14-31(26-30)53-24-25-55-40-17-8-10-23-54-40/h5-6,11,13-16,18,21,26-29,35-36,40,45-46H,7-10,12,17,19-20,22-25,44H2,1-4H3,(H2,47,48,49,52). The van der Waals surface area contributed by atoms with Crippen LogP contribution in [0, 0.1) is 16.2 Å². The molecule has 2 amide bonds. The lowest BCUT2D eigenvalue weighted by atomic mass is 9.85. The summed E-state index contributed by atoms with van der Waals surface area (Å²) < 4.78 is 25.5. The van der Waals surface area contributed by atoms with E-state index in [2.05, 4.69) is 22.5 Å². The Bertz CT molecular complexity index is 1950. The maximum Gasteiger partial charge on any atom is 0.320 e. The summed E-state index contributed by atoms with van der Waals surface area (Å²) in [5, 5.41) is 23.5. The summed E-state index contributed by atoms with van der Waals surface area (Å²) in [6.45, 7) is 10.5. The molecule has 2 fully saturated rings. The maximum absolute atomic E-state index is 13.7. The topological polar surface area (TPSA) is 172 Å². The van der Waals surface area contributed by atoms with Crippen molar-refractivity contribution in [2.75, 3.05) is 26.4 Å². The summed E-state index contributed by atoms with van der Waals surface area (Å²) in [6, 6.07) is 18.4. The van der Waals surface area contributed by atoms with Gasteiger partial charge in [0, 0.05) is 42.4 Å². The fourth-order valence-electron chi connectivity index (χ4n) is 7.20. The highest BCUT2D eigenvalue weighted by molar-refractivity contribution is 6.05. The van der Waals surface area contributed by atoms with Crippen LogP contribution in [-0.2, 0) is 9.47 Å². The van der Waals surface area contributed by atoms with E-state index in [9.17, 15) is 4.79 Å². The average molecular weight is 767 g/mol. The minimum absolute atomic E-state index is 0.171. The van der Waals surface area contributed by atoms with Crippen molar-refractivity contribution in [3.05, 3.63) is 95.2 Å². The fourth-order valence-corrected chi connectivity index (χ4v) is 7.20. The molecule has 4 atom stereocenters. The molecule has 3 aliphatic rings. The third-order valence-electron chi connectivity index (χ3n) is 10.5. The molecular weight excluding hydrogens is 709 g/mol. The van der Waals surface area contributed by atoms with Gasteiger partial charge in [0.15, 0.2) is 6.29 Å². The van der Waals surface area contributed by atoms with Crippen LogP contribution in [0.2, 0.25) is 0 Å². The number of urea groups is 1. The minimum atomic E-state index is -0.409. The number of rotatable bonds is 10. The van der Waals surface area contributed by atoms with Gasteiger partial charge in [-0.05, 0) is 93.7 Å². The number of aliphatic imine (C=N–C) groups is 1. The molecule has 0 saturated carbocycles. The number of nitrogens with zero attached hydrogens (tertiary/aromatic N) is 3. The predicted molar refractivity (Wildman–Crippen MR) is 217 cm³/mol. The number of benzene rings is 2. The van der Waals surface area contributed by atoms with Crippen LogP contribution in [-0.4, -0.2) is 66.0 Å². The molecular formula is C43H58N8O5. The molecule has 13 heteroatoms. The highest BCUT2D eigenvalue weighted by Gasteiger charge is 2.30. The number of pyridine rings is 1. The zero-order valence-electron chi connectivity index (χ0n) is 33.2. The van der Waals surface area contributed by atoms with Crippen LogP contribution >= 0.6 is 0 Å². The summed E-state index contributed by atoms with van der Waals surface area (Å²) in [7, 11) is 0. The highest BCUT2D eigenvalue weighted by atomic mass is 16.7. The van der Waals surface area contributed by atoms with E-state index in [-0.39, 0.29) is 35.4 Å². The van der Waals surface area contributed by atoms with Crippen LogP contribution < -0.4 is 31.3 Å². The average Bonchev–Trinajstić information content (AvgIpc) is 3.18. The zero-order chi connectivity index (χ0) is 39.7. The molecule has 2 saturated heterocycles. The molecule has 13 nitrogen and oxygen atoms in total. The SMILES string of the molecule is CC1CCCCN1C(=N)n1cc(OC2CCC(NC(=O)NC(C=C(N)C(C)(C)C)=Nc3cccc(OCCOC4CCCCO4)c3)c3ccccc32)ccc1=N. The Labute approximate surface area is 330 Å². The number of hydrogen-bond acceptors (Lipinski definition) is 9. The molecule has 0 spiro atoms. The molecule has 2 aliphatic heterocycles. The number of fused-ring (bicyclic) bond motifs is 1. The third kappa shape index (κ3) is 10.8. The number of nitrogens with two attached hydrogens (primary N) is 1. The van der Waals surface area contributed by atoms with E-state index in [1.165, 1.54) is 0 Å². The first-order chi connectivity index (χ1) is 26.9. The number of amides is 2. The molecule has 3 heterocycles. The fraction of sp³-hybridized carbons (Fsp3) is 0.488. The van der Waals surface area contributed by atoms with Crippen molar-refractivity contribution in [2.45, 2.75) is 104 Å². The number of ether oxygens (including phenoxy) is 4. The van der Waals surface area contributed by atoms with Crippen LogP contribution in [0.5, 0.6) is 11.5 Å². The predicted octanol–water partition coefficient (Wildman–Crippen LogP) is 7.42. The first-order valence-electron chi connectivity index (χ1n) is 19.9. The van der Waals surface area contributed by atoms with Gasteiger partial charge in [-0.2, -0.15) is 0 Å². The first kappa shape index (κ1) is 40.5. The maximum atomic E-state index is 13.7. The van der Waals surface area contributed by atoms with Gasteiger partial charge in [-0.25, -0.2) is 9.79 Å².